The highest BCUT2D eigenvalue weighted by molar-refractivity contribution is 4.85. The van der Waals surface area contributed by atoms with Crippen LogP contribution in [0.1, 0.15) is 65.7 Å². The molecule has 112 valence electrons. The van der Waals surface area contributed by atoms with Crippen molar-refractivity contribution in [1.29, 1.82) is 0 Å². The molecule has 2 aliphatic rings. The summed E-state index contributed by atoms with van der Waals surface area (Å²) in [6, 6.07) is 0.588. The normalized spacial score (nSPS) is 36.6. The third kappa shape index (κ3) is 4.19. The maximum atomic E-state index is 9.36. The van der Waals surface area contributed by atoms with Crippen molar-refractivity contribution < 1.29 is 5.11 Å². The summed E-state index contributed by atoms with van der Waals surface area (Å²) in [7, 11) is 0. The zero-order valence-electron chi connectivity index (χ0n) is 13.1. The van der Waals surface area contributed by atoms with E-state index >= 15 is 0 Å². The maximum absolute atomic E-state index is 9.36. The van der Waals surface area contributed by atoms with Crippen LogP contribution in [0.2, 0.25) is 0 Å². The molecule has 0 aliphatic heterocycles. The van der Waals surface area contributed by atoms with Crippen LogP contribution in [-0.4, -0.2) is 24.3 Å². The molecule has 2 saturated carbocycles. The van der Waals surface area contributed by atoms with E-state index in [0.717, 1.165) is 11.8 Å². The number of aliphatic hydroxyl groups is 1. The number of nitrogens with one attached hydrogen (secondary N) is 1. The predicted molar refractivity (Wildman–Crippen MR) is 81.1 cm³/mol. The fraction of sp³-hybridized carbons (Fsp3) is 1.00. The Morgan fingerprint density at radius 1 is 1.00 bits per heavy atom. The molecular formula is C17H33NO. The van der Waals surface area contributed by atoms with Crippen molar-refractivity contribution in [1.82, 2.24) is 5.32 Å². The Labute approximate surface area is 119 Å². The summed E-state index contributed by atoms with van der Waals surface area (Å²) in [5.74, 6) is 2.31. The highest BCUT2D eigenvalue weighted by atomic mass is 16.3. The lowest BCUT2D eigenvalue weighted by atomic mass is 9.70. The molecule has 2 heteroatoms. The second-order valence-electron chi connectivity index (χ2n) is 7.97. The summed E-state index contributed by atoms with van der Waals surface area (Å²) in [6.45, 7) is 8.72. The zero-order valence-corrected chi connectivity index (χ0v) is 13.1. The van der Waals surface area contributed by atoms with Crippen molar-refractivity contribution in [3.8, 4) is 0 Å². The van der Waals surface area contributed by atoms with Crippen LogP contribution in [0.15, 0.2) is 0 Å². The molecule has 0 saturated heterocycles. The molecule has 2 nitrogen and oxygen atoms in total. The van der Waals surface area contributed by atoms with Gasteiger partial charge in [-0.05, 0) is 68.2 Å². The molecule has 0 aromatic carbocycles. The van der Waals surface area contributed by atoms with E-state index < -0.39 is 0 Å². The first kappa shape index (κ1) is 15.3. The largest absolute Gasteiger partial charge is 0.396 e. The van der Waals surface area contributed by atoms with Crippen LogP contribution in [0.25, 0.3) is 0 Å². The van der Waals surface area contributed by atoms with E-state index in [1.165, 1.54) is 51.5 Å². The Morgan fingerprint density at radius 3 is 2.26 bits per heavy atom. The van der Waals surface area contributed by atoms with Crippen LogP contribution in [-0.2, 0) is 0 Å². The Hall–Kier alpha value is -0.0800. The number of aliphatic hydroxyl groups excluding tert-OH is 1. The van der Waals surface area contributed by atoms with Gasteiger partial charge in [0.05, 0.1) is 0 Å². The molecule has 0 aromatic heterocycles. The molecule has 0 aromatic rings. The van der Waals surface area contributed by atoms with Crippen molar-refractivity contribution in [2.75, 3.05) is 13.2 Å². The average molecular weight is 267 g/mol. The maximum Gasteiger partial charge on any atom is 0.0474 e. The molecule has 0 bridgehead atoms. The highest BCUT2D eigenvalue weighted by Gasteiger charge is 2.31. The van der Waals surface area contributed by atoms with Gasteiger partial charge in [0.2, 0.25) is 0 Å². The van der Waals surface area contributed by atoms with Crippen LogP contribution < -0.4 is 5.32 Å². The van der Waals surface area contributed by atoms with E-state index in [1.54, 1.807) is 0 Å². The Bertz CT molecular complexity index is 263. The van der Waals surface area contributed by atoms with Gasteiger partial charge in [-0.3, -0.25) is 0 Å². The minimum absolute atomic E-state index is 0.369. The third-order valence-electron chi connectivity index (χ3n) is 5.63. The van der Waals surface area contributed by atoms with Gasteiger partial charge in [-0.1, -0.05) is 27.2 Å². The van der Waals surface area contributed by atoms with Gasteiger partial charge >= 0.3 is 0 Å². The van der Waals surface area contributed by atoms with Gasteiger partial charge in [0.25, 0.3) is 0 Å². The van der Waals surface area contributed by atoms with Crippen molar-refractivity contribution in [2.24, 2.45) is 23.2 Å². The minimum atomic E-state index is 0.369. The molecule has 2 rings (SSSR count). The first-order valence-electron chi connectivity index (χ1n) is 8.35. The zero-order chi connectivity index (χ0) is 13.9. The van der Waals surface area contributed by atoms with Crippen molar-refractivity contribution >= 4 is 0 Å². The van der Waals surface area contributed by atoms with Gasteiger partial charge < -0.3 is 10.4 Å². The summed E-state index contributed by atoms with van der Waals surface area (Å²) in [6.07, 6.45) is 9.37. The molecule has 0 amide bonds. The average Bonchev–Trinajstić information content (AvgIpc) is 2.83. The molecule has 0 heterocycles. The number of hydrogen-bond acceptors (Lipinski definition) is 2. The summed E-state index contributed by atoms with van der Waals surface area (Å²) < 4.78 is 0. The highest BCUT2D eigenvalue weighted by Crippen LogP contribution is 2.39. The van der Waals surface area contributed by atoms with Crippen LogP contribution >= 0.6 is 0 Å². The van der Waals surface area contributed by atoms with Crippen molar-refractivity contribution in [2.45, 2.75) is 71.8 Å². The Morgan fingerprint density at radius 2 is 1.68 bits per heavy atom. The van der Waals surface area contributed by atoms with E-state index in [0.29, 0.717) is 24.0 Å². The summed E-state index contributed by atoms with van der Waals surface area (Å²) in [5, 5.41) is 13.1. The third-order valence-corrected chi connectivity index (χ3v) is 5.63. The fourth-order valence-corrected chi connectivity index (χ4v) is 4.07. The standard InChI is InChI=1S/C17H33NO/c1-17(2,3)15-9-7-13(8-10-15)11-18-16-6-4-5-14(16)12-19/h13-16,18-19H,4-12H2,1-3H3. The Balaban J connectivity index is 1.68. The SMILES string of the molecule is CC(C)(C)C1CCC(CNC2CCCC2CO)CC1. The van der Waals surface area contributed by atoms with Crippen LogP contribution in [0.3, 0.4) is 0 Å². The van der Waals surface area contributed by atoms with Crippen LogP contribution in [0.4, 0.5) is 0 Å². The smallest absolute Gasteiger partial charge is 0.0474 e. The van der Waals surface area contributed by atoms with Crippen molar-refractivity contribution in [3.63, 3.8) is 0 Å². The van der Waals surface area contributed by atoms with Crippen LogP contribution in [0, 0.1) is 23.2 Å². The molecule has 19 heavy (non-hydrogen) atoms. The van der Waals surface area contributed by atoms with E-state index in [9.17, 15) is 5.11 Å². The van der Waals surface area contributed by atoms with Gasteiger partial charge in [-0.25, -0.2) is 0 Å². The first-order chi connectivity index (χ1) is 9.00. The second-order valence-corrected chi connectivity index (χ2v) is 7.97. The summed E-state index contributed by atoms with van der Waals surface area (Å²) in [4.78, 5) is 0. The van der Waals surface area contributed by atoms with Gasteiger partial charge in [0.15, 0.2) is 0 Å². The predicted octanol–water partition coefficient (Wildman–Crippen LogP) is 3.59. The lowest BCUT2D eigenvalue weighted by molar-refractivity contribution is 0.144. The quantitative estimate of drug-likeness (QED) is 0.816. The van der Waals surface area contributed by atoms with Gasteiger partial charge in [-0.2, -0.15) is 0 Å². The van der Waals surface area contributed by atoms with E-state index in [2.05, 4.69) is 26.1 Å². The Kier molecular flexibility index (Phi) is 5.30. The van der Waals surface area contributed by atoms with Crippen LogP contribution in [0.5, 0.6) is 0 Å². The molecule has 2 unspecified atom stereocenters. The minimum Gasteiger partial charge on any atom is -0.396 e. The molecule has 0 spiro atoms. The van der Waals surface area contributed by atoms with E-state index in [1.807, 2.05) is 0 Å². The molecule has 0 radical (unpaired) electrons. The second kappa shape index (κ2) is 6.58. The molecular weight excluding hydrogens is 234 g/mol. The summed E-state index contributed by atoms with van der Waals surface area (Å²) >= 11 is 0. The summed E-state index contributed by atoms with van der Waals surface area (Å²) in [5.41, 5.74) is 0.492. The fourth-order valence-electron chi connectivity index (χ4n) is 4.07. The van der Waals surface area contributed by atoms with Gasteiger partial charge in [0.1, 0.15) is 0 Å². The molecule has 2 aliphatic carbocycles. The molecule has 2 fully saturated rings. The van der Waals surface area contributed by atoms with Gasteiger partial charge in [0, 0.05) is 12.6 Å². The van der Waals surface area contributed by atoms with E-state index in [4.69, 9.17) is 0 Å². The topological polar surface area (TPSA) is 32.3 Å². The monoisotopic (exact) mass is 267 g/mol. The molecule has 2 atom stereocenters. The van der Waals surface area contributed by atoms with Crippen molar-refractivity contribution in [3.05, 3.63) is 0 Å². The lowest BCUT2D eigenvalue weighted by Crippen LogP contribution is -2.38. The lowest BCUT2D eigenvalue weighted by Gasteiger charge is -2.37. The van der Waals surface area contributed by atoms with E-state index in [-0.39, 0.29) is 0 Å². The number of rotatable bonds is 4. The number of hydrogen-bond donors (Lipinski definition) is 2. The van der Waals surface area contributed by atoms with Gasteiger partial charge in [-0.15, -0.1) is 0 Å². The first-order valence-corrected chi connectivity index (χ1v) is 8.35. The molecule has 2 N–H and O–H groups in total.